The van der Waals surface area contributed by atoms with Gasteiger partial charge in [-0.1, -0.05) is 26.0 Å². The summed E-state index contributed by atoms with van der Waals surface area (Å²) in [6.07, 6.45) is 0. The molecule has 0 spiro atoms. The molecule has 8 heteroatoms. The number of carbonyl (C=O) groups excluding carboxylic acids is 2. The fourth-order valence-electron chi connectivity index (χ4n) is 3.03. The van der Waals surface area contributed by atoms with E-state index in [0.717, 1.165) is 5.39 Å². The number of aromatic nitrogens is 2. The minimum atomic E-state index is -0.579. The molecule has 8 nitrogen and oxygen atoms in total. The number of methoxy groups -OCH3 is 1. The van der Waals surface area contributed by atoms with Crippen LogP contribution in [0.2, 0.25) is 0 Å². The summed E-state index contributed by atoms with van der Waals surface area (Å²) in [5.74, 6) is 0.878. The molecule has 156 valence electrons. The van der Waals surface area contributed by atoms with E-state index >= 15 is 0 Å². The molecule has 30 heavy (non-hydrogen) atoms. The molecule has 0 aliphatic heterocycles. The van der Waals surface area contributed by atoms with Gasteiger partial charge in [0.2, 0.25) is 5.91 Å². The number of rotatable bonds is 8. The summed E-state index contributed by atoms with van der Waals surface area (Å²) in [5, 5.41) is 6.73. The van der Waals surface area contributed by atoms with Crippen LogP contribution < -0.4 is 21.1 Å². The number of ether oxygens (including phenoxy) is 1. The van der Waals surface area contributed by atoms with Crippen molar-refractivity contribution in [2.75, 3.05) is 12.4 Å². The van der Waals surface area contributed by atoms with Gasteiger partial charge in [0.05, 0.1) is 19.2 Å². The van der Waals surface area contributed by atoms with E-state index in [1.807, 2.05) is 38.1 Å². The fourth-order valence-corrected chi connectivity index (χ4v) is 3.03. The molecule has 0 fully saturated rings. The molecule has 0 saturated heterocycles. The zero-order valence-corrected chi connectivity index (χ0v) is 17.2. The number of fused-ring (bicyclic) bond motifs is 1. The summed E-state index contributed by atoms with van der Waals surface area (Å²) in [4.78, 5) is 33.3. The molecule has 4 N–H and O–H groups in total. The van der Waals surface area contributed by atoms with Crippen molar-refractivity contribution < 1.29 is 14.3 Å². The maximum atomic E-state index is 12.4. The molecule has 2 aromatic carbocycles. The highest BCUT2D eigenvalue weighted by molar-refractivity contribution is 5.94. The number of benzene rings is 2. The van der Waals surface area contributed by atoms with Crippen molar-refractivity contribution in [3.05, 3.63) is 59.9 Å². The number of anilines is 1. The van der Waals surface area contributed by atoms with Gasteiger partial charge in [0.25, 0.3) is 5.91 Å². The summed E-state index contributed by atoms with van der Waals surface area (Å²) >= 11 is 0. The second kappa shape index (κ2) is 9.21. The van der Waals surface area contributed by atoms with E-state index in [9.17, 15) is 9.59 Å². The third-order valence-corrected chi connectivity index (χ3v) is 4.67. The van der Waals surface area contributed by atoms with Crippen molar-refractivity contribution in [3.63, 3.8) is 0 Å². The summed E-state index contributed by atoms with van der Waals surface area (Å²) in [6, 6.07) is 13.7. The predicted octanol–water partition coefficient (Wildman–Crippen LogP) is 2.49. The molecule has 3 rings (SSSR count). The fraction of sp³-hybridized carbons (Fsp3) is 0.273. The van der Waals surface area contributed by atoms with E-state index in [-0.39, 0.29) is 18.4 Å². The molecule has 3 aromatic rings. The van der Waals surface area contributed by atoms with Gasteiger partial charge in [-0.25, -0.2) is 9.97 Å². The Kier molecular flexibility index (Phi) is 6.46. The van der Waals surface area contributed by atoms with Crippen molar-refractivity contribution >= 4 is 28.5 Å². The Morgan fingerprint density at radius 2 is 1.77 bits per heavy atom. The molecule has 1 aromatic heterocycles. The van der Waals surface area contributed by atoms with Gasteiger partial charge in [0.15, 0.2) is 5.82 Å². The highest BCUT2D eigenvalue weighted by Crippen LogP contribution is 2.22. The topological polar surface area (TPSA) is 119 Å². The maximum absolute atomic E-state index is 12.4. The largest absolute Gasteiger partial charge is 0.497 e. The Morgan fingerprint density at radius 3 is 2.40 bits per heavy atom. The van der Waals surface area contributed by atoms with Crippen LogP contribution in [0.1, 0.15) is 30.0 Å². The van der Waals surface area contributed by atoms with Crippen LogP contribution in [-0.2, 0) is 11.3 Å². The number of hydrogen-bond donors (Lipinski definition) is 3. The lowest BCUT2D eigenvalue weighted by molar-refractivity contribution is -0.119. The van der Waals surface area contributed by atoms with Gasteiger partial charge in [-0.15, -0.1) is 0 Å². The second-order valence-electron chi connectivity index (χ2n) is 7.19. The van der Waals surface area contributed by atoms with Gasteiger partial charge in [-0.05, 0) is 42.3 Å². The molecule has 0 saturated carbocycles. The number of para-hydroxylation sites is 1. The third-order valence-electron chi connectivity index (χ3n) is 4.67. The van der Waals surface area contributed by atoms with Crippen LogP contribution in [0.15, 0.2) is 48.5 Å². The lowest BCUT2D eigenvalue weighted by atomic mass is 10.0. The molecule has 0 radical (unpaired) electrons. The molecule has 0 aliphatic carbocycles. The molecular weight excluding hydrogens is 382 g/mol. The molecule has 1 heterocycles. The SMILES string of the molecule is COc1ccc(C(=O)NCc2nc(N[C@H](C(N)=O)C(C)C)c3ccccc3n2)cc1. The van der Waals surface area contributed by atoms with Crippen LogP contribution in [-0.4, -0.2) is 34.9 Å². The lowest BCUT2D eigenvalue weighted by Gasteiger charge is -2.21. The highest BCUT2D eigenvalue weighted by Gasteiger charge is 2.21. The van der Waals surface area contributed by atoms with Crippen LogP contribution in [0.5, 0.6) is 5.75 Å². The lowest BCUT2D eigenvalue weighted by Crippen LogP contribution is -2.40. The zero-order chi connectivity index (χ0) is 21.7. The van der Waals surface area contributed by atoms with Crippen molar-refractivity contribution in [1.29, 1.82) is 0 Å². The Balaban J connectivity index is 1.83. The normalized spacial score (nSPS) is 11.9. The Labute approximate surface area is 174 Å². The van der Waals surface area contributed by atoms with E-state index in [1.165, 1.54) is 0 Å². The highest BCUT2D eigenvalue weighted by atomic mass is 16.5. The number of hydrogen-bond acceptors (Lipinski definition) is 6. The van der Waals surface area contributed by atoms with Crippen LogP contribution in [0, 0.1) is 5.92 Å². The third kappa shape index (κ3) is 4.83. The predicted molar refractivity (Wildman–Crippen MR) is 115 cm³/mol. The first-order chi connectivity index (χ1) is 14.4. The van der Waals surface area contributed by atoms with Crippen LogP contribution in [0.3, 0.4) is 0 Å². The zero-order valence-electron chi connectivity index (χ0n) is 17.2. The first kappa shape index (κ1) is 21.0. The van der Waals surface area contributed by atoms with Gasteiger partial charge in [-0.3, -0.25) is 9.59 Å². The summed E-state index contributed by atoms with van der Waals surface area (Å²) in [6.45, 7) is 3.94. The maximum Gasteiger partial charge on any atom is 0.251 e. The molecule has 0 aliphatic rings. The van der Waals surface area contributed by atoms with E-state index in [4.69, 9.17) is 10.5 Å². The molecule has 0 unspecified atom stereocenters. The molecule has 0 bridgehead atoms. The van der Waals surface area contributed by atoms with E-state index in [2.05, 4.69) is 20.6 Å². The number of primary amides is 1. The monoisotopic (exact) mass is 407 g/mol. The minimum absolute atomic E-state index is 0.0190. The van der Waals surface area contributed by atoms with Crippen molar-refractivity contribution in [2.24, 2.45) is 11.7 Å². The number of carbonyl (C=O) groups is 2. The minimum Gasteiger partial charge on any atom is -0.497 e. The van der Waals surface area contributed by atoms with Crippen LogP contribution in [0.4, 0.5) is 5.82 Å². The van der Waals surface area contributed by atoms with Crippen LogP contribution >= 0.6 is 0 Å². The number of nitrogens with one attached hydrogen (secondary N) is 2. The van der Waals surface area contributed by atoms with Crippen molar-refractivity contribution in [2.45, 2.75) is 26.4 Å². The molecular formula is C22H25N5O3. The first-order valence-electron chi connectivity index (χ1n) is 9.62. The summed E-state index contributed by atoms with van der Waals surface area (Å²) in [7, 11) is 1.57. The standard InChI is InChI=1S/C22H25N5O3/c1-13(2)19(20(23)28)27-21-16-6-4-5-7-17(16)25-18(26-21)12-24-22(29)14-8-10-15(30-3)11-9-14/h4-11,13,19H,12H2,1-3H3,(H2,23,28)(H,24,29)(H,25,26,27)/t19-/m0/s1. The van der Waals surface area contributed by atoms with Gasteiger partial charge >= 0.3 is 0 Å². The van der Waals surface area contributed by atoms with Gasteiger partial charge in [-0.2, -0.15) is 0 Å². The second-order valence-corrected chi connectivity index (χ2v) is 7.19. The molecule has 2 amide bonds. The van der Waals surface area contributed by atoms with Crippen molar-refractivity contribution in [1.82, 2.24) is 15.3 Å². The van der Waals surface area contributed by atoms with Gasteiger partial charge in [0.1, 0.15) is 17.6 Å². The van der Waals surface area contributed by atoms with Crippen molar-refractivity contribution in [3.8, 4) is 5.75 Å². The smallest absolute Gasteiger partial charge is 0.251 e. The number of amides is 2. The van der Waals surface area contributed by atoms with E-state index in [0.29, 0.717) is 28.5 Å². The van der Waals surface area contributed by atoms with Gasteiger partial charge in [0, 0.05) is 10.9 Å². The van der Waals surface area contributed by atoms with Crippen LogP contribution in [0.25, 0.3) is 10.9 Å². The summed E-state index contributed by atoms with van der Waals surface area (Å²) < 4.78 is 5.11. The Morgan fingerprint density at radius 1 is 1.07 bits per heavy atom. The van der Waals surface area contributed by atoms with E-state index < -0.39 is 11.9 Å². The number of nitrogens with two attached hydrogens (primary N) is 1. The summed E-state index contributed by atoms with van der Waals surface area (Å²) in [5.41, 5.74) is 6.75. The first-order valence-corrected chi connectivity index (χ1v) is 9.62. The Hall–Kier alpha value is -3.68. The number of nitrogens with zero attached hydrogens (tertiary/aromatic N) is 2. The van der Waals surface area contributed by atoms with Gasteiger partial charge < -0.3 is 21.1 Å². The average Bonchev–Trinajstić information content (AvgIpc) is 2.75. The van der Waals surface area contributed by atoms with E-state index in [1.54, 1.807) is 31.4 Å². The molecule has 1 atom stereocenters. The Bertz CT molecular complexity index is 1050. The quantitative estimate of drug-likeness (QED) is 0.528. The average molecular weight is 407 g/mol.